The van der Waals surface area contributed by atoms with Crippen molar-refractivity contribution in [2.24, 2.45) is 0 Å². The lowest BCUT2D eigenvalue weighted by Crippen LogP contribution is -1.98. The summed E-state index contributed by atoms with van der Waals surface area (Å²) in [6, 6.07) is 4.58. The van der Waals surface area contributed by atoms with Crippen LogP contribution in [0.25, 0.3) is 22.3 Å². The van der Waals surface area contributed by atoms with E-state index in [1.807, 2.05) is 0 Å². The topological polar surface area (TPSA) is 89.7 Å². The standard InChI is InChI=1S/C12H10FN5O/c1-19-9-3-2-6(4-8(9)13)10-7-5-15-18-11(7)17-12(14)16-10/h2-5H,1H3,(H3,14,15,16,17,18). The molecule has 3 rings (SSSR count). The molecular weight excluding hydrogens is 249 g/mol. The number of anilines is 1. The van der Waals surface area contributed by atoms with Gasteiger partial charge in [-0.15, -0.1) is 0 Å². The van der Waals surface area contributed by atoms with E-state index < -0.39 is 5.82 Å². The number of nitrogens with zero attached hydrogens (tertiary/aromatic N) is 3. The van der Waals surface area contributed by atoms with Gasteiger partial charge in [0.2, 0.25) is 5.95 Å². The fourth-order valence-corrected chi connectivity index (χ4v) is 1.89. The second-order valence-corrected chi connectivity index (χ2v) is 3.91. The number of halogens is 1. The summed E-state index contributed by atoms with van der Waals surface area (Å²) in [5.41, 5.74) is 7.25. The quantitative estimate of drug-likeness (QED) is 0.731. The SMILES string of the molecule is COc1ccc(-c2nc(N)nc3[nH]ncc23)cc1F. The molecule has 0 fully saturated rings. The van der Waals surface area contributed by atoms with Gasteiger partial charge in [0.25, 0.3) is 0 Å². The van der Waals surface area contributed by atoms with Gasteiger partial charge in [-0.2, -0.15) is 10.1 Å². The first kappa shape index (κ1) is 11.4. The number of ether oxygens (including phenoxy) is 1. The van der Waals surface area contributed by atoms with Crippen LogP contribution in [0.1, 0.15) is 0 Å². The molecule has 19 heavy (non-hydrogen) atoms. The van der Waals surface area contributed by atoms with Crippen molar-refractivity contribution in [3.8, 4) is 17.0 Å². The van der Waals surface area contributed by atoms with E-state index in [0.717, 1.165) is 0 Å². The van der Waals surface area contributed by atoms with Crippen molar-refractivity contribution in [3.05, 3.63) is 30.2 Å². The highest BCUT2D eigenvalue weighted by Crippen LogP contribution is 2.28. The molecule has 2 aromatic heterocycles. The zero-order valence-corrected chi connectivity index (χ0v) is 10.0. The van der Waals surface area contributed by atoms with Crippen LogP contribution in [0.4, 0.5) is 10.3 Å². The summed E-state index contributed by atoms with van der Waals surface area (Å²) >= 11 is 0. The Morgan fingerprint density at radius 3 is 2.89 bits per heavy atom. The van der Waals surface area contributed by atoms with Crippen molar-refractivity contribution in [2.75, 3.05) is 12.8 Å². The molecule has 0 bridgehead atoms. The Hall–Kier alpha value is -2.70. The number of H-pyrrole nitrogens is 1. The minimum Gasteiger partial charge on any atom is -0.494 e. The van der Waals surface area contributed by atoms with Crippen LogP contribution in [-0.2, 0) is 0 Å². The van der Waals surface area contributed by atoms with Crippen LogP contribution in [0.5, 0.6) is 5.75 Å². The zero-order chi connectivity index (χ0) is 13.4. The Morgan fingerprint density at radius 1 is 1.32 bits per heavy atom. The zero-order valence-electron chi connectivity index (χ0n) is 10.0. The van der Waals surface area contributed by atoms with E-state index in [-0.39, 0.29) is 11.7 Å². The van der Waals surface area contributed by atoms with Gasteiger partial charge in [0.15, 0.2) is 17.2 Å². The van der Waals surface area contributed by atoms with E-state index in [4.69, 9.17) is 10.5 Å². The number of hydrogen-bond donors (Lipinski definition) is 2. The van der Waals surface area contributed by atoms with E-state index in [2.05, 4.69) is 20.2 Å². The minimum atomic E-state index is -0.464. The third-order valence-electron chi connectivity index (χ3n) is 2.75. The fourth-order valence-electron chi connectivity index (χ4n) is 1.89. The minimum absolute atomic E-state index is 0.1000. The van der Waals surface area contributed by atoms with Gasteiger partial charge in [-0.05, 0) is 18.2 Å². The highest BCUT2D eigenvalue weighted by Gasteiger charge is 2.12. The second kappa shape index (κ2) is 4.20. The molecule has 1 aromatic carbocycles. The van der Waals surface area contributed by atoms with Gasteiger partial charge in [0.05, 0.1) is 24.4 Å². The van der Waals surface area contributed by atoms with Gasteiger partial charge in [-0.3, -0.25) is 5.10 Å². The summed E-state index contributed by atoms with van der Waals surface area (Å²) in [4.78, 5) is 8.15. The molecule has 3 N–H and O–H groups in total. The highest BCUT2D eigenvalue weighted by atomic mass is 19.1. The number of aromatic amines is 1. The molecule has 0 atom stereocenters. The maximum atomic E-state index is 13.7. The lowest BCUT2D eigenvalue weighted by atomic mass is 10.1. The normalized spacial score (nSPS) is 10.8. The average molecular weight is 259 g/mol. The number of nitrogens with two attached hydrogens (primary N) is 1. The monoisotopic (exact) mass is 259 g/mol. The van der Waals surface area contributed by atoms with Crippen LogP contribution < -0.4 is 10.5 Å². The van der Waals surface area contributed by atoms with Crippen molar-refractivity contribution in [1.82, 2.24) is 20.2 Å². The molecule has 0 saturated carbocycles. The lowest BCUT2D eigenvalue weighted by Gasteiger charge is -2.06. The van der Waals surface area contributed by atoms with E-state index in [1.165, 1.54) is 19.2 Å². The third-order valence-corrected chi connectivity index (χ3v) is 2.75. The first-order valence-electron chi connectivity index (χ1n) is 5.49. The molecule has 0 aliphatic carbocycles. The van der Waals surface area contributed by atoms with E-state index in [9.17, 15) is 4.39 Å². The number of rotatable bonds is 2. The number of hydrogen-bond acceptors (Lipinski definition) is 5. The van der Waals surface area contributed by atoms with E-state index in [1.54, 1.807) is 12.3 Å². The average Bonchev–Trinajstić information content (AvgIpc) is 2.85. The van der Waals surface area contributed by atoms with Gasteiger partial charge in [-0.1, -0.05) is 0 Å². The number of nitrogen functional groups attached to an aromatic ring is 1. The summed E-state index contributed by atoms with van der Waals surface area (Å²) in [7, 11) is 1.41. The van der Waals surface area contributed by atoms with E-state index in [0.29, 0.717) is 22.3 Å². The Bertz CT molecular complexity index is 755. The van der Waals surface area contributed by atoms with Crippen LogP contribution in [0.2, 0.25) is 0 Å². The van der Waals surface area contributed by atoms with Crippen LogP contribution in [0, 0.1) is 5.82 Å². The summed E-state index contributed by atoms with van der Waals surface area (Å²) in [5, 5.41) is 7.27. The number of nitrogens with one attached hydrogen (secondary N) is 1. The van der Waals surface area contributed by atoms with Crippen molar-refractivity contribution in [2.45, 2.75) is 0 Å². The molecule has 0 saturated heterocycles. The molecule has 96 valence electrons. The summed E-state index contributed by atoms with van der Waals surface area (Å²) in [5.74, 6) is -0.189. The Morgan fingerprint density at radius 2 is 2.16 bits per heavy atom. The molecule has 0 spiro atoms. The molecule has 6 nitrogen and oxygen atoms in total. The van der Waals surface area contributed by atoms with Gasteiger partial charge in [0, 0.05) is 5.56 Å². The Labute approximate surface area is 107 Å². The molecule has 2 heterocycles. The molecule has 7 heteroatoms. The van der Waals surface area contributed by atoms with Crippen molar-refractivity contribution < 1.29 is 9.13 Å². The predicted octanol–water partition coefficient (Wildman–Crippen LogP) is 1.75. The smallest absolute Gasteiger partial charge is 0.222 e. The fraction of sp³-hybridized carbons (Fsp3) is 0.0833. The van der Waals surface area contributed by atoms with Gasteiger partial charge in [0.1, 0.15) is 0 Å². The molecule has 0 aliphatic rings. The van der Waals surface area contributed by atoms with Gasteiger partial charge < -0.3 is 10.5 Å². The molecular formula is C12H10FN5O. The van der Waals surface area contributed by atoms with Crippen molar-refractivity contribution in [1.29, 1.82) is 0 Å². The highest BCUT2D eigenvalue weighted by molar-refractivity contribution is 5.90. The summed E-state index contributed by atoms with van der Waals surface area (Å²) < 4.78 is 18.6. The lowest BCUT2D eigenvalue weighted by molar-refractivity contribution is 0.386. The molecule has 3 aromatic rings. The second-order valence-electron chi connectivity index (χ2n) is 3.91. The third kappa shape index (κ3) is 1.85. The number of benzene rings is 1. The predicted molar refractivity (Wildman–Crippen MR) is 68.0 cm³/mol. The van der Waals surface area contributed by atoms with Crippen molar-refractivity contribution in [3.63, 3.8) is 0 Å². The van der Waals surface area contributed by atoms with Gasteiger partial charge >= 0.3 is 0 Å². The van der Waals surface area contributed by atoms with Crippen LogP contribution in [0.3, 0.4) is 0 Å². The Kier molecular flexibility index (Phi) is 2.52. The number of fused-ring (bicyclic) bond motifs is 1. The Balaban J connectivity index is 2.23. The maximum absolute atomic E-state index is 13.7. The van der Waals surface area contributed by atoms with Crippen LogP contribution >= 0.6 is 0 Å². The first-order valence-corrected chi connectivity index (χ1v) is 5.49. The maximum Gasteiger partial charge on any atom is 0.222 e. The summed E-state index contributed by atoms with van der Waals surface area (Å²) in [6.45, 7) is 0. The molecule has 0 unspecified atom stereocenters. The largest absolute Gasteiger partial charge is 0.494 e. The molecule has 0 radical (unpaired) electrons. The van der Waals surface area contributed by atoms with Crippen LogP contribution in [0.15, 0.2) is 24.4 Å². The van der Waals surface area contributed by atoms with E-state index >= 15 is 0 Å². The molecule has 0 aliphatic heterocycles. The molecule has 0 amide bonds. The number of aromatic nitrogens is 4. The first-order chi connectivity index (χ1) is 9.19. The summed E-state index contributed by atoms with van der Waals surface area (Å²) in [6.07, 6.45) is 1.58. The number of methoxy groups -OCH3 is 1. The van der Waals surface area contributed by atoms with Gasteiger partial charge in [-0.25, -0.2) is 9.37 Å². The van der Waals surface area contributed by atoms with Crippen LogP contribution in [-0.4, -0.2) is 27.3 Å². The van der Waals surface area contributed by atoms with Crippen molar-refractivity contribution >= 4 is 17.0 Å².